The quantitative estimate of drug-likeness (QED) is 0.588. The number of ether oxygens (including phenoxy) is 3. The minimum Gasteiger partial charge on any atom is -0.497 e. The van der Waals surface area contributed by atoms with Gasteiger partial charge in [-0.05, 0) is 12.1 Å². The summed E-state index contributed by atoms with van der Waals surface area (Å²) < 4.78 is 40.8. The van der Waals surface area contributed by atoms with Crippen molar-refractivity contribution in [3.63, 3.8) is 0 Å². The third-order valence-electron chi connectivity index (χ3n) is 2.72. The standard InChI is InChI=1S/C16H20F2N2O3/c1-11(14-6-5-12(21-3)7-15(14)22-4)20-9-13(8-19)23-10-16(2,17)18/h5-9H,1,10,19H2,2-4H3/b13-8+,20-9-. The van der Waals surface area contributed by atoms with Crippen molar-refractivity contribution in [2.75, 3.05) is 20.8 Å². The van der Waals surface area contributed by atoms with Crippen molar-refractivity contribution < 1.29 is 23.0 Å². The number of nitrogens with two attached hydrogens (primary N) is 1. The first-order valence-corrected chi connectivity index (χ1v) is 6.68. The Hall–Kier alpha value is -2.57. The van der Waals surface area contributed by atoms with Crippen molar-refractivity contribution in [3.8, 4) is 11.5 Å². The van der Waals surface area contributed by atoms with E-state index in [-0.39, 0.29) is 5.76 Å². The summed E-state index contributed by atoms with van der Waals surface area (Å²) in [5.41, 5.74) is 6.31. The third-order valence-corrected chi connectivity index (χ3v) is 2.72. The van der Waals surface area contributed by atoms with Crippen LogP contribution < -0.4 is 15.2 Å². The highest BCUT2D eigenvalue weighted by Gasteiger charge is 2.22. The minimum absolute atomic E-state index is 0.0140. The molecule has 0 aliphatic heterocycles. The highest BCUT2D eigenvalue weighted by molar-refractivity contribution is 5.83. The van der Waals surface area contributed by atoms with E-state index in [4.69, 9.17) is 19.9 Å². The molecule has 0 aliphatic carbocycles. The van der Waals surface area contributed by atoms with Gasteiger partial charge >= 0.3 is 0 Å². The topological polar surface area (TPSA) is 66.1 Å². The lowest BCUT2D eigenvalue weighted by Crippen LogP contribution is -2.19. The summed E-state index contributed by atoms with van der Waals surface area (Å²) in [5.74, 6) is -1.80. The van der Waals surface area contributed by atoms with Crippen LogP contribution in [0.4, 0.5) is 8.78 Å². The van der Waals surface area contributed by atoms with E-state index >= 15 is 0 Å². The van der Waals surface area contributed by atoms with Crippen LogP contribution in [0.5, 0.6) is 11.5 Å². The van der Waals surface area contributed by atoms with Crippen molar-refractivity contribution in [1.29, 1.82) is 0 Å². The van der Waals surface area contributed by atoms with Crippen LogP contribution in [0.2, 0.25) is 0 Å². The average Bonchev–Trinajstić information content (AvgIpc) is 2.53. The van der Waals surface area contributed by atoms with Gasteiger partial charge in [-0.3, -0.25) is 4.99 Å². The smallest absolute Gasteiger partial charge is 0.278 e. The van der Waals surface area contributed by atoms with Crippen LogP contribution >= 0.6 is 0 Å². The molecule has 5 nitrogen and oxygen atoms in total. The predicted octanol–water partition coefficient (Wildman–Crippen LogP) is 3.22. The number of allylic oxidation sites excluding steroid dienone is 1. The maximum Gasteiger partial charge on any atom is 0.278 e. The molecule has 0 heterocycles. The number of aliphatic imine (C=N–C) groups is 1. The second-order valence-corrected chi connectivity index (χ2v) is 4.70. The zero-order valence-corrected chi connectivity index (χ0v) is 13.3. The summed E-state index contributed by atoms with van der Waals surface area (Å²) in [6.45, 7) is 3.77. The number of halogens is 2. The predicted molar refractivity (Wildman–Crippen MR) is 85.9 cm³/mol. The van der Waals surface area contributed by atoms with Gasteiger partial charge in [0, 0.05) is 24.8 Å². The summed E-state index contributed by atoms with van der Waals surface area (Å²) in [6.07, 6.45) is 2.27. The maximum absolute atomic E-state index is 12.8. The first-order valence-electron chi connectivity index (χ1n) is 6.68. The molecule has 0 unspecified atom stereocenters. The van der Waals surface area contributed by atoms with Gasteiger partial charge in [-0.15, -0.1) is 0 Å². The van der Waals surface area contributed by atoms with Gasteiger partial charge in [0.2, 0.25) is 0 Å². The Morgan fingerprint density at radius 3 is 2.57 bits per heavy atom. The molecule has 0 amide bonds. The Kier molecular flexibility index (Phi) is 6.56. The molecule has 0 aliphatic rings. The van der Waals surface area contributed by atoms with Crippen LogP contribution in [-0.2, 0) is 4.74 Å². The molecule has 1 aromatic rings. The van der Waals surface area contributed by atoms with Gasteiger partial charge in [-0.2, -0.15) is 0 Å². The van der Waals surface area contributed by atoms with E-state index in [1.165, 1.54) is 13.3 Å². The van der Waals surface area contributed by atoms with Crippen LogP contribution in [0.15, 0.2) is 41.7 Å². The molecule has 0 saturated heterocycles. The summed E-state index contributed by atoms with van der Waals surface area (Å²) in [7, 11) is 3.05. The number of hydrogen-bond donors (Lipinski definition) is 1. The molecule has 0 saturated carbocycles. The molecular weight excluding hydrogens is 306 g/mol. The van der Waals surface area contributed by atoms with Crippen LogP contribution in [0, 0.1) is 0 Å². The van der Waals surface area contributed by atoms with E-state index in [1.807, 2.05) is 0 Å². The molecule has 126 valence electrons. The lowest BCUT2D eigenvalue weighted by Gasteiger charge is -2.12. The van der Waals surface area contributed by atoms with Crippen molar-refractivity contribution in [3.05, 3.63) is 42.3 Å². The fraction of sp³-hybridized carbons (Fsp3) is 0.312. The second-order valence-electron chi connectivity index (χ2n) is 4.70. The summed E-state index contributed by atoms with van der Waals surface area (Å²) in [4.78, 5) is 4.07. The molecule has 0 spiro atoms. The van der Waals surface area contributed by atoms with Crippen LogP contribution in [0.1, 0.15) is 12.5 Å². The summed E-state index contributed by atoms with van der Waals surface area (Å²) in [5, 5.41) is 0. The molecule has 2 N–H and O–H groups in total. The Balaban J connectivity index is 2.85. The molecule has 0 radical (unpaired) electrons. The number of benzene rings is 1. The number of methoxy groups -OCH3 is 2. The number of hydrogen-bond acceptors (Lipinski definition) is 5. The molecule has 1 aromatic carbocycles. The first kappa shape index (κ1) is 18.5. The van der Waals surface area contributed by atoms with Crippen LogP contribution in [0.25, 0.3) is 5.70 Å². The zero-order chi connectivity index (χ0) is 17.5. The maximum atomic E-state index is 12.8. The Morgan fingerprint density at radius 2 is 2.04 bits per heavy atom. The number of nitrogens with zero attached hydrogens (tertiary/aromatic N) is 1. The molecule has 7 heteroatoms. The normalized spacial score (nSPS) is 12.3. The fourth-order valence-electron chi connectivity index (χ4n) is 1.59. The van der Waals surface area contributed by atoms with Crippen LogP contribution in [-0.4, -0.2) is 33.0 Å². The Labute approximate surface area is 134 Å². The Morgan fingerprint density at radius 1 is 1.35 bits per heavy atom. The van der Waals surface area contributed by atoms with E-state index in [2.05, 4.69) is 11.6 Å². The van der Waals surface area contributed by atoms with E-state index in [1.54, 1.807) is 25.3 Å². The molecule has 23 heavy (non-hydrogen) atoms. The van der Waals surface area contributed by atoms with E-state index in [9.17, 15) is 8.78 Å². The molecule has 0 bridgehead atoms. The van der Waals surface area contributed by atoms with Crippen molar-refractivity contribution >= 4 is 11.9 Å². The Bertz CT molecular complexity index is 608. The highest BCUT2D eigenvalue weighted by atomic mass is 19.3. The van der Waals surface area contributed by atoms with Gasteiger partial charge in [0.1, 0.15) is 11.5 Å². The second kappa shape index (κ2) is 8.17. The molecular formula is C16H20F2N2O3. The fourth-order valence-corrected chi connectivity index (χ4v) is 1.59. The van der Waals surface area contributed by atoms with Gasteiger partial charge < -0.3 is 19.9 Å². The van der Waals surface area contributed by atoms with Gasteiger partial charge in [-0.25, -0.2) is 8.78 Å². The first-order chi connectivity index (χ1) is 10.8. The SMILES string of the molecule is C=C(/N=C\C(=C/N)OCC(C)(F)F)c1ccc(OC)cc1OC. The van der Waals surface area contributed by atoms with Gasteiger partial charge in [-0.1, -0.05) is 6.58 Å². The molecule has 0 atom stereocenters. The monoisotopic (exact) mass is 326 g/mol. The summed E-state index contributed by atoms with van der Waals surface area (Å²) in [6, 6.07) is 5.14. The zero-order valence-electron chi connectivity index (χ0n) is 13.3. The van der Waals surface area contributed by atoms with Gasteiger partial charge in [0.25, 0.3) is 5.92 Å². The molecule has 0 fully saturated rings. The van der Waals surface area contributed by atoms with E-state index in [0.29, 0.717) is 22.8 Å². The van der Waals surface area contributed by atoms with Gasteiger partial charge in [0.05, 0.1) is 26.1 Å². The van der Waals surface area contributed by atoms with Crippen molar-refractivity contribution in [2.24, 2.45) is 10.7 Å². The average molecular weight is 326 g/mol. The van der Waals surface area contributed by atoms with Gasteiger partial charge in [0.15, 0.2) is 12.4 Å². The third kappa shape index (κ3) is 5.98. The highest BCUT2D eigenvalue weighted by Crippen LogP contribution is 2.29. The lowest BCUT2D eigenvalue weighted by molar-refractivity contribution is -0.0402. The van der Waals surface area contributed by atoms with Crippen LogP contribution in [0.3, 0.4) is 0 Å². The number of alkyl halides is 2. The van der Waals surface area contributed by atoms with Crippen molar-refractivity contribution in [2.45, 2.75) is 12.8 Å². The largest absolute Gasteiger partial charge is 0.497 e. The molecule has 0 aromatic heterocycles. The summed E-state index contributed by atoms with van der Waals surface area (Å²) >= 11 is 0. The number of rotatable bonds is 8. The van der Waals surface area contributed by atoms with Crippen molar-refractivity contribution in [1.82, 2.24) is 0 Å². The minimum atomic E-state index is -2.96. The van der Waals surface area contributed by atoms with E-state index < -0.39 is 12.5 Å². The van der Waals surface area contributed by atoms with E-state index in [0.717, 1.165) is 13.1 Å². The lowest BCUT2D eigenvalue weighted by atomic mass is 10.1. The molecule has 1 rings (SSSR count).